The largest absolute Gasteiger partial charge is 0.477 e. The van der Waals surface area contributed by atoms with E-state index in [9.17, 15) is 9.59 Å². The summed E-state index contributed by atoms with van der Waals surface area (Å²) in [5, 5.41) is 3.35. The molecule has 0 aliphatic carbocycles. The molecule has 41 heavy (non-hydrogen) atoms. The molecule has 0 aliphatic heterocycles. The van der Waals surface area contributed by atoms with Crippen LogP contribution in [0.15, 0.2) is 42.5 Å². The molecule has 0 heterocycles. The molecule has 0 saturated heterocycles. The highest BCUT2D eigenvalue weighted by Crippen LogP contribution is 2.44. The lowest BCUT2D eigenvalue weighted by atomic mass is 9.97. The van der Waals surface area contributed by atoms with Crippen LogP contribution in [0.3, 0.4) is 0 Å². The fourth-order valence-corrected chi connectivity index (χ4v) is 4.84. The number of rotatable bonds is 18. The van der Waals surface area contributed by atoms with E-state index in [0.717, 1.165) is 72.9 Å². The SMILES string of the molecule is CCCCCc1ccc2c(OC(CC)C(=O)OCCCC)c3ccccc3c(OC(CC)C(=O)OCCCC)c2c1. The highest BCUT2D eigenvalue weighted by Gasteiger charge is 2.27. The monoisotopic (exact) mass is 564 g/mol. The molecule has 2 atom stereocenters. The molecule has 0 radical (unpaired) electrons. The number of unbranched alkanes of at least 4 members (excludes halogenated alkanes) is 4. The van der Waals surface area contributed by atoms with Crippen molar-refractivity contribution in [3.8, 4) is 11.5 Å². The maximum atomic E-state index is 13.0. The average molecular weight is 565 g/mol. The Balaban J connectivity index is 2.13. The smallest absolute Gasteiger partial charge is 0.347 e. The second-order valence-electron chi connectivity index (χ2n) is 10.6. The zero-order valence-electron chi connectivity index (χ0n) is 25.6. The molecule has 6 heteroatoms. The molecule has 3 aromatic rings. The van der Waals surface area contributed by atoms with Crippen molar-refractivity contribution in [3.63, 3.8) is 0 Å². The minimum absolute atomic E-state index is 0.349. The van der Waals surface area contributed by atoms with Crippen LogP contribution in [0.5, 0.6) is 11.5 Å². The van der Waals surface area contributed by atoms with Crippen LogP contribution in [0.25, 0.3) is 21.5 Å². The predicted molar refractivity (Wildman–Crippen MR) is 166 cm³/mol. The van der Waals surface area contributed by atoms with Crippen LogP contribution < -0.4 is 9.47 Å². The Morgan fingerprint density at radius 2 is 1.10 bits per heavy atom. The number of hydrogen-bond donors (Lipinski definition) is 0. The highest BCUT2D eigenvalue weighted by atomic mass is 16.6. The molecule has 0 N–H and O–H groups in total. The van der Waals surface area contributed by atoms with Crippen LogP contribution in [0.4, 0.5) is 0 Å². The van der Waals surface area contributed by atoms with Gasteiger partial charge in [-0.3, -0.25) is 0 Å². The standard InChI is InChI=1S/C35H48O6/c1-6-11-14-17-25-20-21-28-29(24-25)33(41-31(10-5)35(37)39-23-13-8-3)27-19-16-15-18-26(27)32(28)40-30(9-4)34(36)38-22-12-7-2/h15-16,18-21,24,30-31H,6-14,17,22-23H2,1-5H3. The maximum Gasteiger partial charge on any atom is 0.347 e. The second kappa shape index (κ2) is 16.9. The van der Waals surface area contributed by atoms with Gasteiger partial charge in [-0.15, -0.1) is 0 Å². The molecule has 3 rings (SSSR count). The molecular formula is C35H48O6. The van der Waals surface area contributed by atoms with Crippen LogP contribution in [0.1, 0.15) is 98.0 Å². The predicted octanol–water partition coefficient (Wildman–Crippen LogP) is 8.73. The molecule has 0 fully saturated rings. The average Bonchev–Trinajstić information content (AvgIpc) is 2.99. The van der Waals surface area contributed by atoms with Gasteiger partial charge in [0.2, 0.25) is 0 Å². The van der Waals surface area contributed by atoms with E-state index < -0.39 is 12.2 Å². The van der Waals surface area contributed by atoms with Crippen molar-refractivity contribution < 1.29 is 28.5 Å². The first-order valence-corrected chi connectivity index (χ1v) is 15.6. The van der Waals surface area contributed by atoms with Crippen molar-refractivity contribution in [2.45, 2.75) is 111 Å². The van der Waals surface area contributed by atoms with Crippen molar-refractivity contribution in [2.75, 3.05) is 13.2 Å². The number of ether oxygens (including phenoxy) is 4. The van der Waals surface area contributed by atoms with E-state index in [4.69, 9.17) is 18.9 Å². The van der Waals surface area contributed by atoms with Crippen LogP contribution in [0.2, 0.25) is 0 Å². The number of carbonyl (C=O) groups is 2. The summed E-state index contributed by atoms with van der Waals surface area (Å²) in [7, 11) is 0. The number of aryl methyl sites for hydroxylation is 1. The number of fused-ring (bicyclic) bond motifs is 2. The summed E-state index contributed by atoms with van der Waals surface area (Å²) in [5.41, 5.74) is 1.20. The Kier molecular flexibility index (Phi) is 13.3. The van der Waals surface area contributed by atoms with Gasteiger partial charge in [-0.05, 0) is 50.2 Å². The first kappa shape index (κ1) is 32.2. The summed E-state index contributed by atoms with van der Waals surface area (Å²) < 4.78 is 24.1. The van der Waals surface area contributed by atoms with E-state index in [1.54, 1.807) is 0 Å². The quantitative estimate of drug-likeness (QED) is 0.0874. The van der Waals surface area contributed by atoms with E-state index in [2.05, 4.69) is 39.0 Å². The Hall–Kier alpha value is -3.28. The van der Waals surface area contributed by atoms with Gasteiger partial charge in [-0.25, -0.2) is 9.59 Å². The van der Waals surface area contributed by atoms with Gasteiger partial charge in [0.1, 0.15) is 11.5 Å². The highest BCUT2D eigenvalue weighted by molar-refractivity contribution is 6.11. The molecule has 6 nitrogen and oxygen atoms in total. The van der Waals surface area contributed by atoms with E-state index in [1.807, 2.05) is 38.1 Å². The Morgan fingerprint density at radius 3 is 1.59 bits per heavy atom. The third kappa shape index (κ3) is 8.61. The molecule has 0 spiro atoms. The van der Waals surface area contributed by atoms with Crippen molar-refractivity contribution in [1.29, 1.82) is 0 Å². The Labute approximate surface area is 245 Å². The normalized spacial score (nSPS) is 12.7. The third-order valence-corrected chi connectivity index (χ3v) is 7.33. The van der Waals surface area contributed by atoms with E-state index >= 15 is 0 Å². The first-order chi connectivity index (χ1) is 20.0. The third-order valence-electron chi connectivity index (χ3n) is 7.33. The van der Waals surface area contributed by atoms with Crippen molar-refractivity contribution in [3.05, 3.63) is 48.0 Å². The van der Waals surface area contributed by atoms with Crippen LogP contribution in [0, 0.1) is 0 Å². The topological polar surface area (TPSA) is 71.1 Å². The molecule has 3 aromatic carbocycles. The summed E-state index contributed by atoms with van der Waals surface area (Å²) in [5.74, 6) is 0.563. The first-order valence-electron chi connectivity index (χ1n) is 15.6. The number of carbonyl (C=O) groups excluding carboxylic acids is 2. The lowest BCUT2D eigenvalue weighted by Gasteiger charge is -2.24. The minimum Gasteiger partial charge on any atom is -0.477 e. The number of hydrogen-bond acceptors (Lipinski definition) is 6. The molecule has 0 bridgehead atoms. The van der Waals surface area contributed by atoms with Crippen molar-refractivity contribution >= 4 is 33.5 Å². The number of esters is 2. The van der Waals surface area contributed by atoms with Gasteiger partial charge in [-0.2, -0.15) is 0 Å². The van der Waals surface area contributed by atoms with Gasteiger partial charge in [0, 0.05) is 21.5 Å². The summed E-state index contributed by atoms with van der Waals surface area (Å²) in [4.78, 5) is 25.9. The van der Waals surface area contributed by atoms with Crippen LogP contribution in [-0.4, -0.2) is 37.4 Å². The van der Waals surface area contributed by atoms with Crippen molar-refractivity contribution in [1.82, 2.24) is 0 Å². The molecule has 0 amide bonds. The zero-order chi connectivity index (χ0) is 29.6. The maximum absolute atomic E-state index is 13.0. The van der Waals surface area contributed by atoms with Gasteiger partial charge >= 0.3 is 11.9 Å². The lowest BCUT2D eigenvalue weighted by Crippen LogP contribution is -2.30. The van der Waals surface area contributed by atoms with Gasteiger partial charge in [0.05, 0.1) is 13.2 Å². The molecular weight excluding hydrogens is 516 g/mol. The van der Waals surface area contributed by atoms with Gasteiger partial charge < -0.3 is 18.9 Å². The van der Waals surface area contributed by atoms with Crippen LogP contribution in [-0.2, 0) is 25.5 Å². The fraction of sp³-hybridized carbons (Fsp3) is 0.543. The van der Waals surface area contributed by atoms with E-state index in [-0.39, 0.29) is 11.9 Å². The van der Waals surface area contributed by atoms with Gasteiger partial charge in [-0.1, -0.05) is 96.7 Å². The minimum atomic E-state index is -0.731. The van der Waals surface area contributed by atoms with Crippen molar-refractivity contribution in [2.24, 2.45) is 0 Å². The molecule has 0 saturated carbocycles. The van der Waals surface area contributed by atoms with Gasteiger partial charge in [0.15, 0.2) is 12.2 Å². The number of benzene rings is 3. The van der Waals surface area contributed by atoms with Crippen LogP contribution >= 0.6 is 0 Å². The van der Waals surface area contributed by atoms with Gasteiger partial charge in [0.25, 0.3) is 0 Å². The second-order valence-corrected chi connectivity index (χ2v) is 10.6. The Bertz CT molecular complexity index is 1270. The van der Waals surface area contributed by atoms with E-state index in [0.29, 0.717) is 37.6 Å². The molecule has 2 unspecified atom stereocenters. The molecule has 0 aromatic heterocycles. The summed E-state index contributed by atoms with van der Waals surface area (Å²) in [6, 6.07) is 14.2. The fourth-order valence-electron chi connectivity index (χ4n) is 4.84. The summed E-state index contributed by atoms with van der Waals surface area (Å²) >= 11 is 0. The Morgan fingerprint density at radius 1 is 0.610 bits per heavy atom. The molecule has 224 valence electrons. The molecule has 0 aliphatic rings. The summed E-state index contributed by atoms with van der Waals surface area (Å²) in [6.07, 6.45) is 7.40. The lowest BCUT2D eigenvalue weighted by molar-refractivity contribution is -0.152. The van der Waals surface area contributed by atoms with E-state index in [1.165, 1.54) is 5.56 Å². The zero-order valence-corrected chi connectivity index (χ0v) is 25.6. The summed E-state index contributed by atoms with van der Waals surface area (Å²) in [6.45, 7) is 11.0.